The van der Waals surface area contributed by atoms with Crippen LogP contribution in [0, 0.1) is 0 Å². The van der Waals surface area contributed by atoms with Gasteiger partial charge in [0, 0.05) is 12.5 Å². The summed E-state index contributed by atoms with van der Waals surface area (Å²) in [7, 11) is 0. The molecular formula is C12H13NO3. The van der Waals surface area contributed by atoms with Crippen molar-refractivity contribution in [2.45, 2.75) is 19.4 Å². The van der Waals surface area contributed by atoms with Crippen molar-refractivity contribution in [1.82, 2.24) is 4.98 Å². The van der Waals surface area contributed by atoms with Gasteiger partial charge in [0.1, 0.15) is 24.0 Å². The minimum Gasteiger partial charge on any atom is -0.491 e. The summed E-state index contributed by atoms with van der Waals surface area (Å²) in [6, 6.07) is 5.69. The lowest BCUT2D eigenvalue weighted by Crippen LogP contribution is -2.03. The van der Waals surface area contributed by atoms with Crippen molar-refractivity contribution in [1.29, 1.82) is 0 Å². The third kappa shape index (κ3) is 1.88. The average molecular weight is 219 g/mol. The zero-order valence-corrected chi connectivity index (χ0v) is 9.10. The first-order valence-corrected chi connectivity index (χ1v) is 5.49. The van der Waals surface area contributed by atoms with E-state index in [0.717, 1.165) is 35.8 Å². The van der Waals surface area contributed by atoms with E-state index in [0.29, 0.717) is 6.61 Å². The molecular weight excluding hydrogens is 206 g/mol. The van der Waals surface area contributed by atoms with Gasteiger partial charge in [-0.15, -0.1) is 0 Å². The molecule has 1 aromatic heterocycles. The first-order valence-electron chi connectivity index (χ1n) is 5.49. The van der Waals surface area contributed by atoms with Crippen LogP contribution < -0.4 is 4.74 Å². The molecule has 1 aromatic carbocycles. The Balaban J connectivity index is 1.82. The van der Waals surface area contributed by atoms with Crippen LogP contribution in [0.2, 0.25) is 0 Å². The SMILES string of the molecule is CCc1nc2cc(OC[C@H]3CO3)ccc2o1. The molecule has 1 aliphatic rings. The first-order chi connectivity index (χ1) is 7.85. The second-order valence-electron chi connectivity index (χ2n) is 3.86. The smallest absolute Gasteiger partial charge is 0.195 e. The average Bonchev–Trinajstić information content (AvgIpc) is 3.04. The van der Waals surface area contributed by atoms with Crippen molar-refractivity contribution in [2.24, 2.45) is 0 Å². The molecule has 2 heterocycles. The molecule has 0 saturated carbocycles. The lowest BCUT2D eigenvalue weighted by molar-refractivity contribution is 0.263. The van der Waals surface area contributed by atoms with E-state index in [9.17, 15) is 0 Å². The van der Waals surface area contributed by atoms with Crippen LogP contribution in [0.5, 0.6) is 5.75 Å². The highest BCUT2D eigenvalue weighted by atomic mass is 16.6. The van der Waals surface area contributed by atoms with Crippen LogP contribution in [0.4, 0.5) is 0 Å². The summed E-state index contributed by atoms with van der Waals surface area (Å²) in [6.45, 7) is 3.45. The summed E-state index contributed by atoms with van der Waals surface area (Å²) in [5.74, 6) is 1.58. The van der Waals surface area contributed by atoms with Gasteiger partial charge in [0.25, 0.3) is 0 Å². The number of hydrogen-bond acceptors (Lipinski definition) is 4. The molecule has 0 amide bonds. The molecule has 1 atom stereocenters. The summed E-state index contributed by atoms with van der Waals surface area (Å²) in [6.07, 6.45) is 1.08. The largest absolute Gasteiger partial charge is 0.491 e. The Morgan fingerprint density at radius 1 is 1.50 bits per heavy atom. The van der Waals surface area contributed by atoms with Crippen molar-refractivity contribution >= 4 is 11.1 Å². The minimum atomic E-state index is 0.277. The minimum absolute atomic E-state index is 0.277. The zero-order valence-electron chi connectivity index (χ0n) is 9.10. The van der Waals surface area contributed by atoms with Gasteiger partial charge in [0.2, 0.25) is 0 Å². The van der Waals surface area contributed by atoms with Crippen molar-refractivity contribution in [3.05, 3.63) is 24.1 Å². The maximum Gasteiger partial charge on any atom is 0.195 e. The zero-order chi connectivity index (χ0) is 11.0. The third-order valence-corrected chi connectivity index (χ3v) is 2.54. The standard InChI is InChI=1S/C12H13NO3/c1-2-12-13-10-5-8(3-4-11(10)16-12)14-6-9-7-15-9/h3-5,9H,2,6-7H2,1H3/t9-/m0/s1. The Labute approximate surface area is 93.2 Å². The highest BCUT2D eigenvalue weighted by molar-refractivity contribution is 5.74. The number of aryl methyl sites for hydroxylation is 1. The third-order valence-electron chi connectivity index (χ3n) is 2.54. The molecule has 4 nitrogen and oxygen atoms in total. The second-order valence-corrected chi connectivity index (χ2v) is 3.86. The van der Waals surface area contributed by atoms with E-state index in [4.69, 9.17) is 13.9 Å². The molecule has 4 heteroatoms. The summed E-state index contributed by atoms with van der Waals surface area (Å²) < 4.78 is 16.2. The molecule has 0 bridgehead atoms. The molecule has 2 aromatic rings. The topological polar surface area (TPSA) is 47.8 Å². The summed E-state index contributed by atoms with van der Waals surface area (Å²) in [5.41, 5.74) is 1.66. The lowest BCUT2D eigenvalue weighted by atomic mass is 10.3. The maximum absolute atomic E-state index is 5.57. The Bertz CT molecular complexity index is 502. The normalized spacial score (nSPS) is 18.9. The van der Waals surface area contributed by atoms with Crippen LogP contribution in [0.25, 0.3) is 11.1 Å². The van der Waals surface area contributed by atoms with E-state index in [2.05, 4.69) is 4.98 Å². The van der Waals surface area contributed by atoms with Crippen LogP contribution in [-0.2, 0) is 11.2 Å². The predicted molar refractivity (Wildman–Crippen MR) is 58.6 cm³/mol. The van der Waals surface area contributed by atoms with Crippen LogP contribution in [0.15, 0.2) is 22.6 Å². The Morgan fingerprint density at radius 2 is 2.38 bits per heavy atom. The van der Waals surface area contributed by atoms with Gasteiger partial charge in [0.05, 0.1) is 6.61 Å². The molecule has 0 unspecified atom stereocenters. The van der Waals surface area contributed by atoms with Gasteiger partial charge in [-0.1, -0.05) is 6.92 Å². The Hall–Kier alpha value is -1.55. The quantitative estimate of drug-likeness (QED) is 0.739. The number of rotatable bonds is 4. The van der Waals surface area contributed by atoms with Gasteiger partial charge in [-0.3, -0.25) is 0 Å². The first kappa shape index (κ1) is 9.66. The van der Waals surface area contributed by atoms with Gasteiger partial charge in [-0.25, -0.2) is 4.98 Å². The Kier molecular flexibility index (Phi) is 2.29. The summed E-state index contributed by atoms with van der Waals surface area (Å²) in [5, 5.41) is 0. The molecule has 0 N–H and O–H groups in total. The number of oxazole rings is 1. The van der Waals surface area contributed by atoms with Crippen molar-refractivity contribution in [2.75, 3.05) is 13.2 Å². The second kappa shape index (κ2) is 3.79. The number of ether oxygens (including phenoxy) is 2. The van der Waals surface area contributed by atoms with E-state index in [1.807, 2.05) is 25.1 Å². The number of aromatic nitrogens is 1. The highest BCUT2D eigenvalue weighted by Gasteiger charge is 2.23. The fourth-order valence-corrected chi connectivity index (χ4v) is 1.55. The number of epoxide rings is 1. The summed E-state index contributed by atoms with van der Waals surface area (Å²) in [4.78, 5) is 4.36. The van der Waals surface area contributed by atoms with E-state index >= 15 is 0 Å². The van der Waals surface area contributed by atoms with E-state index in [1.165, 1.54) is 0 Å². The fraction of sp³-hybridized carbons (Fsp3) is 0.417. The van der Waals surface area contributed by atoms with E-state index in [-0.39, 0.29) is 6.10 Å². The van der Waals surface area contributed by atoms with E-state index < -0.39 is 0 Å². The molecule has 0 radical (unpaired) electrons. The van der Waals surface area contributed by atoms with Gasteiger partial charge < -0.3 is 13.9 Å². The van der Waals surface area contributed by atoms with E-state index in [1.54, 1.807) is 0 Å². The molecule has 1 saturated heterocycles. The van der Waals surface area contributed by atoms with Crippen LogP contribution >= 0.6 is 0 Å². The lowest BCUT2D eigenvalue weighted by Gasteiger charge is -2.02. The molecule has 0 aliphatic carbocycles. The molecule has 0 spiro atoms. The predicted octanol–water partition coefficient (Wildman–Crippen LogP) is 2.17. The van der Waals surface area contributed by atoms with Gasteiger partial charge in [-0.2, -0.15) is 0 Å². The van der Waals surface area contributed by atoms with Crippen molar-refractivity contribution < 1.29 is 13.9 Å². The van der Waals surface area contributed by atoms with Crippen LogP contribution in [0.3, 0.4) is 0 Å². The molecule has 84 valence electrons. The van der Waals surface area contributed by atoms with Gasteiger partial charge >= 0.3 is 0 Å². The molecule has 1 fully saturated rings. The molecule has 16 heavy (non-hydrogen) atoms. The number of benzene rings is 1. The van der Waals surface area contributed by atoms with Crippen molar-refractivity contribution in [3.8, 4) is 5.75 Å². The molecule has 1 aliphatic heterocycles. The number of fused-ring (bicyclic) bond motifs is 1. The van der Waals surface area contributed by atoms with Crippen LogP contribution in [-0.4, -0.2) is 24.3 Å². The molecule has 3 rings (SSSR count). The van der Waals surface area contributed by atoms with Crippen molar-refractivity contribution in [3.63, 3.8) is 0 Å². The van der Waals surface area contributed by atoms with Crippen LogP contribution in [0.1, 0.15) is 12.8 Å². The number of hydrogen-bond donors (Lipinski definition) is 0. The maximum atomic E-state index is 5.57. The fourth-order valence-electron chi connectivity index (χ4n) is 1.55. The number of nitrogens with zero attached hydrogens (tertiary/aromatic N) is 1. The summed E-state index contributed by atoms with van der Waals surface area (Å²) >= 11 is 0. The Morgan fingerprint density at radius 3 is 3.12 bits per heavy atom. The highest BCUT2D eigenvalue weighted by Crippen LogP contribution is 2.22. The monoisotopic (exact) mass is 219 g/mol. The van der Waals surface area contributed by atoms with Gasteiger partial charge in [0.15, 0.2) is 11.5 Å². The van der Waals surface area contributed by atoms with Gasteiger partial charge in [-0.05, 0) is 12.1 Å².